The van der Waals surface area contributed by atoms with Gasteiger partial charge in [0, 0.05) is 28.0 Å². The van der Waals surface area contributed by atoms with Crippen LogP contribution in [0.5, 0.6) is 0 Å². The van der Waals surface area contributed by atoms with E-state index in [9.17, 15) is 0 Å². The lowest BCUT2D eigenvalue weighted by Crippen LogP contribution is -2.09. The molecule has 254 valence electrons. The maximum atomic E-state index is 6.44. The molecule has 0 amide bonds. The summed E-state index contributed by atoms with van der Waals surface area (Å²) in [5.74, 6) is 0.639. The molecule has 3 heteroatoms. The third-order valence-corrected chi connectivity index (χ3v) is 10.3. The van der Waals surface area contributed by atoms with E-state index in [1.807, 2.05) is 36.4 Å². The van der Waals surface area contributed by atoms with Gasteiger partial charge in [0.2, 0.25) is 5.89 Å². The van der Waals surface area contributed by atoms with Crippen molar-refractivity contribution in [3.63, 3.8) is 0 Å². The third kappa shape index (κ3) is 5.78. The van der Waals surface area contributed by atoms with Crippen molar-refractivity contribution in [1.82, 2.24) is 4.98 Å². The number of hydrogen-bond donors (Lipinski definition) is 0. The van der Waals surface area contributed by atoms with E-state index in [-0.39, 0.29) is 0 Å². The fourth-order valence-corrected chi connectivity index (χ4v) is 7.53. The van der Waals surface area contributed by atoms with Gasteiger partial charge in [-0.05, 0) is 110 Å². The van der Waals surface area contributed by atoms with Gasteiger partial charge in [0.05, 0.1) is 0 Å². The van der Waals surface area contributed by atoms with Crippen molar-refractivity contribution < 1.29 is 4.42 Å². The summed E-state index contributed by atoms with van der Waals surface area (Å²) in [4.78, 5) is 7.16. The number of fused-ring (bicyclic) bond motifs is 5. The topological polar surface area (TPSA) is 29.3 Å². The molecule has 1 aromatic heterocycles. The molecule has 0 saturated carbocycles. The zero-order valence-corrected chi connectivity index (χ0v) is 29.4. The normalized spacial score (nSPS) is 11.3. The Balaban J connectivity index is 1.01. The summed E-state index contributed by atoms with van der Waals surface area (Å²) in [5, 5.41) is 4.54. The Hall–Kier alpha value is -7.23. The van der Waals surface area contributed by atoms with Crippen LogP contribution in [0.15, 0.2) is 211 Å². The lowest BCUT2D eigenvalue weighted by molar-refractivity contribution is 0.623. The monoisotopic (exact) mass is 690 g/mol. The van der Waals surface area contributed by atoms with Crippen LogP contribution in [0.4, 0.5) is 17.1 Å². The second-order valence-corrected chi connectivity index (χ2v) is 13.6. The van der Waals surface area contributed by atoms with Crippen LogP contribution in [0, 0.1) is 0 Å². The van der Waals surface area contributed by atoms with Crippen LogP contribution in [0.1, 0.15) is 0 Å². The minimum atomic E-state index is 0.639. The Bertz CT molecular complexity index is 2800. The molecule has 0 bridgehead atoms. The molecular weight excluding hydrogens is 657 g/mol. The van der Waals surface area contributed by atoms with Gasteiger partial charge in [-0.2, -0.15) is 0 Å². The van der Waals surface area contributed by atoms with Crippen molar-refractivity contribution in [2.24, 2.45) is 0 Å². The molecule has 9 aromatic carbocycles. The van der Waals surface area contributed by atoms with E-state index in [4.69, 9.17) is 9.40 Å². The van der Waals surface area contributed by atoms with Crippen molar-refractivity contribution in [2.45, 2.75) is 0 Å². The Kier molecular flexibility index (Phi) is 7.81. The molecule has 3 nitrogen and oxygen atoms in total. The summed E-state index contributed by atoms with van der Waals surface area (Å²) in [6, 6.07) is 73.0. The first-order valence-corrected chi connectivity index (χ1v) is 18.3. The highest BCUT2D eigenvalue weighted by molar-refractivity contribution is 6.18. The molecule has 0 N–H and O–H groups in total. The van der Waals surface area contributed by atoms with Gasteiger partial charge >= 0.3 is 0 Å². The summed E-state index contributed by atoms with van der Waals surface area (Å²) >= 11 is 0. The highest BCUT2D eigenvalue weighted by atomic mass is 16.3. The molecule has 0 radical (unpaired) electrons. The molecule has 0 aliphatic carbocycles. The first kappa shape index (κ1) is 31.5. The summed E-state index contributed by atoms with van der Waals surface area (Å²) in [7, 11) is 0. The predicted molar refractivity (Wildman–Crippen MR) is 225 cm³/mol. The van der Waals surface area contributed by atoms with Gasteiger partial charge in [-0.15, -0.1) is 0 Å². The maximum Gasteiger partial charge on any atom is 0.227 e. The molecule has 0 spiro atoms. The molecule has 0 unspecified atom stereocenters. The Morgan fingerprint density at radius 2 is 0.778 bits per heavy atom. The van der Waals surface area contributed by atoms with Crippen LogP contribution in [-0.2, 0) is 0 Å². The van der Waals surface area contributed by atoms with Gasteiger partial charge in [-0.1, -0.05) is 146 Å². The smallest absolute Gasteiger partial charge is 0.227 e. The van der Waals surface area contributed by atoms with Crippen LogP contribution in [0.3, 0.4) is 0 Å². The van der Waals surface area contributed by atoms with Crippen LogP contribution in [0.2, 0.25) is 0 Å². The van der Waals surface area contributed by atoms with Crippen LogP contribution >= 0.6 is 0 Å². The minimum Gasteiger partial charge on any atom is -0.435 e. The molecular formula is C51H34N2O. The number of rotatable bonds is 7. The fraction of sp³-hybridized carbons (Fsp3) is 0. The minimum absolute atomic E-state index is 0.639. The highest BCUT2D eigenvalue weighted by Gasteiger charge is 2.16. The van der Waals surface area contributed by atoms with E-state index >= 15 is 0 Å². The number of aromatic nitrogens is 1. The van der Waals surface area contributed by atoms with Gasteiger partial charge in [0.25, 0.3) is 0 Å². The van der Waals surface area contributed by atoms with E-state index < -0.39 is 0 Å². The Labute approximate surface area is 314 Å². The Morgan fingerprint density at radius 3 is 1.31 bits per heavy atom. The van der Waals surface area contributed by atoms with Crippen LogP contribution in [0.25, 0.3) is 77.5 Å². The average molecular weight is 691 g/mol. The van der Waals surface area contributed by atoms with Gasteiger partial charge in [0.1, 0.15) is 5.52 Å². The standard InChI is InChI=1S/C51H34N2O/c1-4-10-35(11-5-1)37-18-26-44(27-19-37)53(45-28-20-38(21-29-45)36-12-6-2-7-13-36)46-30-22-39(23-31-46)42-24-32-47-43(34-42)17-16-40-25-33-48-50(49(40)47)54-51(52-48)41-14-8-3-9-15-41/h1-34H. The van der Waals surface area contributed by atoms with Gasteiger partial charge in [0.15, 0.2) is 5.58 Å². The molecule has 10 rings (SSSR count). The quantitative estimate of drug-likeness (QED) is 0.156. The van der Waals surface area contributed by atoms with E-state index in [2.05, 4.69) is 175 Å². The summed E-state index contributed by atoms with van der Waals surface area (Å²) in [6.45, 7) is 0. The predicted octanol–water partition coefficient (Wildman–Crippen LogP) is 14.3. The van der Waals surface area contributed by atoms with Crippen LogP contribution < -0.4 is 4.90 Å². The first-order chi connectivity index (χ1) is 26.7. The van der Waals surface area contributed by atoms with Crippen molar-refractivity contribution in [3.8, 4) is 44.8 Å². The van der Waals surface area contributed by atoms with Crippen molar-refractivity contribution in [2.75, 3.05) is 4.90 Å². The maximum absolute atomic E-state index is 6.44. The number of benzene rings is 9. The van der Waals surface area contributed by atoms with E-state index in [0.717, 1.165) is 66.4 Å². The number of oxazole rings is 1. The molecule has 1 heterocycles. The summed E-state index contributed by atoms with van der Waals surface area (Å²) in [6.07, 6.45) is 0. The fourth-order valence-electron chi connectivity index (χ4n) is 7.53. The van der Waals surface area contributed by atoms with Gasteiger partial charge in [-0.3, -0.25) is 0 Å². The van der Waals surface area contributed by atoms with Crippen molar-refractivity contribution >= 4 is 49.7 Å². The molecule has 54 heavy (non-hydrogen) atoms. The molecule has 0 fully saturated rings. The molecule has 0 aliphatic heterocycles. The van der Waals surface area contributed by atoms with E-state index in [0.29, 0.717) is 5.89 Å². The van der Waals surface area contributed by atoms with Crippen molar-refractivity contribution in [3.05, 3.63) is 206 Å². The third-order valence-electron chi connectivity index (χ3n) is 10.3. The molecule has 10 aromatic rings. The van der Waals surface area contributed by atoms with E-state index in [1.165, 1.54) is 22.3 Å². The first-order valence-electron chi connectivity index (χ1n) is 18.3. The molecule has 0 aliphatic rings. The summed E-state index contributed by atoms with van der Waals surface area (Å²) < 4.78 is 6.44. The van der Waals surface area contributed by atoms with Gasteiger partial charge < -0.3 is 9.32 Å². The Morgan fingerprint density at radius 1 is 0.352 bits per heavy atom. The SMILES string of the molecule is c1ccc(-c2ccc(N(c3ccc(-c4ccccc4)cc3)c3ccc(-c4ccc5c(ccc6ccc7nc(-c8ccccc8)oc7c65)c4)cc3)cc2)cc1. The second-order valence-electron chi connectivity index (χ2n) is 13.6. The van der Waals surface area contributed by atoms with E-state index in [1.54, 1.807) is 0 Å². The number of hydrogen-bond acceptors (Lipinski definition) is 3. The zero-order chi connectivity index (χ0) is 35.8. The number of anilines is 3. The molecule has 0 saturated heterocycles. The highest BCUT2D eigenvalue weighted by Crippen LogP contribution is 2.39. The largest absolute Gasteiger partial charge is 0.435 e. The second kappa shape index (κ2) is 13.4. The van der Waals surface area contributed by atoms with Crippen molar-refractivity contribution in [1.29, 1.82) is 0 Å². The zero-order valence-electron chi connectivity index (χ0n) is 29.4. The lowest BCUT2D eigenvalue weighted by Gasteiger charge is -2.26. The summed E-state index contributed by atoms with van der Waals surface area (Å²) in [5.41, 5.74) is 13.1. The van der Waals surface area contributed by atoms with Gasteiger partial charge in [-0.25, -0.2) is 4.98 Å². The average Bonchev–Trinajstić information content (AvgIpc) is 3.70. The van der Waals surface area contributed by atoms with Crippen LogP contribution in [-0.4, -0.2) is 4.98 Å². The lowest BCUT2D eigenvalue weighted by atomic mass is 9.97. The number of nitrogens with zero attached hydrogens (tertiary/aromatic N) is 2. The molecule has 0 atom stereocenters.